The van der Waals surface area contributed by atoms with Crippen LogP contribution in [0.25, 0.3) is 0 Å². The van der Waals surface area contributed by atoms with Crippen molar-refractivity contribution in [1.82, 2.24) is 4.98 Å². The fourth-order valence-electron chi connectivity index (χ4n) is 3.62. The lowest BCUT2D eigenvalue weighted by Gasteiger charge is -2.18. The highest BCUT2D eigenvalue weighted by Crippen LogP contribution is 2.49. The van der Waals surface area contributed by atoms with Gasteiger partial charge in [0.25, 0.3) is 0 Å². The van der Waals surface area contributed by atoms with Gasteiger partial charge in [-0.3, -0.25) is 9.59 Å². The van der Waals surface area contributed by atoms with Crippen LogP contribution in [0.4, 0.5) is 0 Å². The van der Waals surface area contributed by atoms with Crippen molar-refractivity contribution in [1.29, 1.82) is 0 Å². The Kier molecular flexibility index (Phi) is 4.98. The smallest absolute Gasteiger partial charge is 0.175 e. The van der Waals surface area contributed by atoms with E-state index < -0.39 is 0 Å². The number of H-pyrrole nitrogens is 1. The molecule has 3 nitrogen and oxygen atoms in total. The van der Waals surface area contributed by atoms with Crippen molar-refractivity contribution in [2.45, 2.75) is 51.9 Å². The first kappa shape index (κ1) is 18.7. The molecule has 1 atom stereocenters. The molecule has 0 bridgehead atoms. The van der Waals surface area contributed by atoms with Crippen LogP contribution in [0, 0.1) is 19.3 Å². The zero-order valence-electron chi connectivity index (χ0n) is 16.0. The minimum atomic E-state index is -0.385. The van der Waals surface area contributed by atoms with Crippen molar-refractivity contribution in [2.75, 3.05) is 0 Å². The summed E-state index contributed by atoms with van der Waals surface area (Å²) in [6.45, 7) is 10.2. The Morgan fingerprint density at radius 2 is 1.81 bits per heavy atom. The summed E-state index contributed by atoms with van der Waals surface area (Å²) in [5.74, 6) is 0.282. The molecule has 1 N–H and O–H groups in total. The number of rotatable bonds is 5. The lowest BCUT2D eigenvalue weighted by atomic mass is 9.85. The quantitative estimate of drug-likeness (QED) is 0.701. The van der Waals surface area contributed by atoms with E-state index in [-0.39, 0.29) is 17.1 Å². The summed E-state index contributed by atoms with van der Waals surface area (Å²) in [4.78, 5) is 29.6. The number of benzene rings is 1. The van der Waals surface area contributed by atoms with Gasteiger partial charge in [-0.25, -0.2) is 0 Å². The molecular weight excluding hydrogens is 342 g/mol. The number of nitrogens with one attached hydrogen (secondary N) is 1. The van der Waals surface area contributed by atoms with Gasteiger partial charge in [-0.05, 0) is 49.1 Å². The molecular formula is C22H25NO2S. The van der Waals surface area contributed by atoms with Crippen LogP contribution in [0.2, 0.25) is 0 Å². The molecule has 1 aromatic heterocycles. The molecule has 0 aliphatic heterocycles. The number of carbonyl (C=O) groups excluding carboxylic acids is 2. The van der Waals surface area contributed by atoms with E-state index in [0.29, 0.717) is 5.69 Å². The second-order valence-corrected chi connectivity index (χ2v) is 8.78. The third-order valence-corrected chi connectivity index (χ3v) is 6.58. The maximum atomic E-state index is 13.0. The van der Waals surface area contributed by atoms with Crippen LogP contribution >= 0.6 is 11.8 Å². The molecule has 3 rings (SSSR count). The Bertz CT molecular complexity index is 890. The van der Waals surface area contributed by atoms with E-state index in [1.54, 1.807) is 11.8 Å². The highest BCUT2D eigenvalue weighted by atomic mass is 32.2. The standard InChI is InChI=1S/C22H25NO2S/c1-13-14(2)19(23-18(13)12-24)15(3)17-11-22(4,5)21(25)20(17)26-16-9-7-6-8-10-16/h6-10,12,15,23H,11H2,1-5H3. The predicted octanol–water partition coefficient (Wildman–Crippen LogP) is 5.59. The highest BCUT2D eigenvalue weighted by Gasteiger charge is 2.42. The first-order chi connectivity index (χ1) is 12.3. The summed E-state index contributed by atoms with van der Waals surface area (Å²) in [6, 6.07) is 10.0. The first-order valence-electron chi connectivity index (χ1n) is 8.91. The minimum absolute atomic E-state index is 0.0688. The fourth-order valence-corrected chi connectivity index (χ4v) is 4.90. The van der Waals surface area contributed by atoms with Gasteiger partial charge >= 0.3 is 0 Å². The van der Waals surface area contributed by atoms with Crippen molar-refractivity contribution >= 4 is 23.8 Å². The number of thioether (sulfide) groups is 1. The number of aldehydes is 1. The Balaban J connectivity index is 2.06. The molecule has 1 aromatic carbocycles. The van der Waals surface area contributed by atoms with Crippen LogP contribution in [0.1, 0.15) is 60.4 Å². The third kappa shape index (κ3) is 3.18. The van der Waals surface area contributed by atoms with Gasteiger partial charge in [0.15, 0.2) is 12.1 Å². The largest absolute Gasteiger partial charge is 0.355 e. The molecule has 0 fully saturated rings. The lowest BCUT2D eigenvalue weighted by Crippen LogP contribution is -2.18. The number of ketones is 1. The summed E-state index contributed by atoms with van der Waals surface area (Å²) in [7, 11) is 0. The SMILES string of the molecule is Cc1c(C=O)[nH]c(C(C)C2=C(Sc3ccccc3)C(=O)C(C)(C)C2)c1C. The van der Waals surface area contributed by atoms with Crippen molar-refractivity contribution in [3.63, 3.8) is 0 Å². The highest BCUT2D eigenvalue weighted by molar-refractivity contribution is 8.04. The lowest BCUT2D eigenvalue weighted by molar-refractivity contribution is -0.121. The van der Waals surface area contributed by atoms with Gasteiger partial charge in [0, 0.05) is 21.9 Å². The Morgan fingerprint density at radius 1 is 1.15 bits per heavy atom. The third-order valence-electron chi connectivity index (χ3n) is 5.42. The summed E-state index contributed by atoms with van der Waals surface area (Å²) in [6.07, 6.45) is 1.62. The van der Waals surface area contributed by atoms with E-state index in [4.69, 9.17) is 0 Å². The van der Waals surface area contributed by atoms with E-state index >= 15 is 0 Å². The number of Topliss-reactive ketones (excluding diaryl/α,β-unsaturated/α-hetero) is 1. The average Bonchev–Trinajstić information content (AvgIpc) is 3.03. The number of aromatic amines is 1. The predicted molar refractivity (Wildman–Crippen MR) is 107 cm³/mol. The van der Waals surface area contributed by atoms with Crippen LogP contribution in [0.15, 0.2) is 45.7 Å². The van der Waals surface area contributed by atoms with Crippen molar-refractivity contribution in [3.05, 3.63) is 63.3 Å². The number of hydrogen-bond donors (Lipinski definition) is 1. The maximum Gasteiger partial charge on any atom is 0.175 e. The van der Waals surface area contributed by atoms with Crippen molar-refractivity contribution < 1.29 is 9.59 Å². The second kappa shape index (κ2) is 6.92. The van der Waals surface area contributed by atoms with Crippen LogP contribution < -0.4 is 0 Å². The zero-order valence-corrected chi connectivity index (χ0v) is 16.8. The van der Waals surface area contributed by atoms with Gasteiger partial charge in [-0.1, -0.05) is 50.7 Å². The summed E-state index contributed by atoms with van der Waals surface area (Å²) < 4.78 is 0. The minimum Gasteiger partial charge on any atom is -0.355 e. The van der Waals surface area contributed by atoms with Crippen LogP contribution in [0.3, 0.4) is 0 Å². The number of aromatic nitrogens is 1. The van der Waals surface area contributed by atoms with E-state index in [1.807, 2.05) is 58.0 Å². The van der Waals surface area contributed by atoms with Gasteiger partial charge in [-0.15, -0.1) is 0 Å². The molecule has 4 heteroatoms. The van der Waals surface area contributed by atoms with Gasteiger partial charge < -0.3 is 4.98 Å². The maximum absolute atomic E-state index is 13.0. The molecule has 1 aliphatic rings. The first-order valence-corrected chi connectivity index (χ1v) is 9.73. The normalized spacial score (nSPS) is 17.7. The molecule has 136 valence electrons. The monoisotopic (exact) mass is 367 g/mol. The molecule has 1 heterocycles. The van der Waals surface area contributed by atoms with Gasteiger partial charge in [-0.2, -0.15) is 0 Å². The van der Waals surface area contributed by atoms with Gasteiger partial charge in [0.1, 0.15) is 0 Å². The molecule has 1 aliphatic carbocycles. The molecule has 0 amide bonds. The second-order valence-electron chi connectivity index (χ2n) is 7.70. The molecule has 2 aromatic rings. The van der Waals surface area contributed by atoms with E-state index in [2.05, 4.69) is 11.9 Å². The molecule has 0 saturated carbocycles. The van der Waals surface area contributed by atoms with E-state index in [1.165, 1.54) is 0 Å². The van der Waals surface area contributed by atoms with Gasteiger partial charge in [0.05, 0.1) is 10.6 Å². The van der Waals surface area contributed by atoms with E-state index in [0.717, 1.165) is 44.9 Å². The van der Waals surface area contributed by atoms with Crippen LogP contribution in [0.5, 0.6) is 0 Å². The molecule has 0 radical (unpaired) electrons. The van der Waals surface area contributed by atoms with Gasteiger partial charge in [0.2, 0.25) is 0 Å². The number of carbonyl (C=O) groups is 2. The average molecular weight is 368 g/mol. The van der Waals surface area contributed by atoms with E-state index in [9.17, 15) is 9.59 Å². The van der Waals surface area contributed by atoms with Crippen LogP contribution in [-0.4, -0.2) is 17.1 Å². The van der Waals surface area contributed by atoms with Crippen molar-refractivity contribution in [2.24, 2.45) is 5.41 Å². The Labute approximate surface area is 159 Å². The van der Waals surface area contributed by atoms with Crippen molar-refractivity contribution in [3.8, 4) is 0 Å². The zero-order chi connectivity index (χ0) is 19.1. The number of allylic oxidation sites excluding steroid dienone is 2. The molecule has 26 heavy (non-hydrogen) atoms. The Hall–Kier alpha value is -2.07. The summed E-state index contributed by atoms with van der Waals surface area (Å²) in [5.41, 5.74) is 4.54. The molecule has 0 saturated heterocycles. The fraction of sp³-hybridized carbons (Fsp3) is 0.364. The number of hydrogen-bond acceptors (Lipinski definition) is 3. The summed E-state index contributed by atoms with van der Waals surface area (Å²) >= 11 is 1.56. The molecule has 0 spiro atoms. The topological polar surface area (TPSA) is 49.9 Å². The molecule has 1 unspecified atom stereocenters. The Morgan fingerprint density at radius 3 is 2.38 bits per heavy atom. The summed E-state index contributed by atoms with van der Waals surface area (Å²) in [5, 5.41) is 0. The van der Waals surface area contributed by atoms with Crippen LogP contribution in [-0.2, 0) is 4.79 Å².